The summed E-state index contributed by atoms with van der Waals surface area (Å²) in [6.45, 7) is 6.01. The lowest BCUT2D eigenvalue weighted by Gasteiger charge is -2.23. The number of hydrogen-bond acceptors (Lipinski definition) is 3. The fourth-order valence-corrected chi connectivity index (χ4v) is 3.95. The standard InChI is InChI=1S/C24H25F2NO3/c1-4-30-24(29)22(18-10-14(2)9-15(3)11-18)16-5-7-19(12-16)27-23(28)17-6-8-20(25)21(26)13-17/h5-11,13,16,19,22H,4,12H2,1-3H3,(H,27,28)/t16-,19+,22-/m0/s1. The monoisotopic (exact) mass is 413 g/mol. The highest BCUT2D eigenvalue weighted by atomic mass is 19.2. The zero-order valence-electron chi connectivity index (χ0n) is 17.2. The normalized spacial score (nSPS) is 18.8. The van der Waals surface area contributed by atoms with Crippen molar-refractivity contribution in [2.75, 3.05) is 6.61 Å². The molecule has 0 saturated carbocycles. The lowest BCUT2D eigenvalue weighted by Crippen LogP contribution is -2.34. The highest BCUT2D eigenvalue weighted by Crippen LogP contribution is 2.35. The minimum absolute atomic E-state index is 0.0435. The summed E-state index contributed by atoms with van der Waals surface area (Å²) in [5.74, 6) is -3.50. The molecule has 4 nitrogen and oxygen atoms in total. The van der Waals surface area contributed by atoms with Crippen molar-refractivity contribution < 1.29 is 23.1 Å². The first-order chi connectivity index (χ1) is 14.3. The minimum Gasteiger partial charge on any atom is -0.466 e. The molecule has 0 spiro atoms. The molecule has 0 unspecified atom stereocenters. The van der Waals surface area contributed by atoms with Crippen molar-refractivity contribution in [2.45, 2.75) is 39.2 Å². The number of ether oxygens (including phenoxy) is 1. The smallest absolute Gasteiger partial charge is 0.314 e. The van der Waals surface area contributed by atoms with Gasteiger partial charge in [0.15, 0.2) is 11.6 Å². The van der Waals surface area contributed by atoms with Gasteiger partial charge in [0.25, 0.3) is 5.91 Å². The van der Waals surface area contributed by atoms with Crippen LogP contribution >= 0.6 is 0 Å². The van der Waals surface area contributed by atoms with Crippen LogP contribution in [0, 0.1) is 31.4 Å². The first-order valence-corrected chi connectivity index (χ1v) is 9.97. The van der Waals surface area contributed by atoms with Crippen molar-refractivity contribution in [2.24, 2.45) is 5.92 Å². The number of allylic oxidation sites excluding steroid dienone is 1. The lowest BCUT2D eigenvalue weighted by atomic mass is 9.84. The average molecular weight is 413 g/mol. The van der Waals surface area contributed by atoms with Gasteiger partial charge >= 0.3 is 5.97 Å². The van der Waals surface area contributed by atoms with Gasteiger partial charge in [0.1, 0.15) is 0 Å². The number of rotatable bonds is 6. The molecule has 6 heteroatoms. The molecule has 2 aromatic carbocycles. The summed E-state index contributed by atoms with van der Waals surface area (Å²) in [7, 11) is 0. The Hall–Kier alpha value is -3.02. The Morgan fingerprint density at radius 2 is 1.77 bits per heavy atom. The molecule has 1 aliphatic rings. The molecule has 3 rings (SSSR count). The van der Waals surface area contributed by atoms with E-state index in [1.807, 2.05) is 44.2 Å². The van der Waals surface area contributed by atoms with Crippen molar-refractivity contribution in [1.82, 2.24) is 5.32 Å². The summed E-state index contributed by atoms with van der Waals surface area (Å²) in [4.78, 5) is 25.2. The zero-order valence-corrected chi connectivity index (χ0v) is 17.2. The molecule has 3 atom stereocenters. The van der Waals surface area contributed by atoms with Crippen LogP contribution in [0.5, 0.6) is 0 Å². The van der Waals surface area contributed by atoms with Crippen molar-refractivity contribution in [3.8, 4) is 0 Å². The molecule has 1 aliphatic carbocycles. The molecule has 30 heavy (non-hydrogen) atoms. The summed E-state index contributed by atoms with van der Waals surface area (Å²) < 4.78 is 31.8. The molecule has 1 amide bonds. The molecule has 0 aliphatic heterocycles. The third-order valence-electron chi connectivity index (χ3n) is 5.19. The van der Waals surface area contributed by atoms with Crippen molar-refractivity contribution in [1.29, 1.82) is 0 Å². The molecule has 0 aromatic heterocycles. The topological polar surface area (TPSA) is 55.4 Å². The van der Waals surface area contributed by atoms with Crippen LogP contribution in [0.2, 0.25) is 0 Å². The van der Waals surface area contributed by atoms with Crippen LogP contribution in [0.15, 0.2) is 48.6 Å². The number of esters is 1. The van der Waals surface area contributed by atoms with E-state index < -0.39 is 23.5 Å². The number of nitrogens with one attached hydrogen (secondary N) is 1. The fraction of sp³-hybridized carbons (Fsp3) is 0.333. The number of halogens is 2. The van der Waals surface area contributed by atoms with Gasteiger partial charge < -0.3 is 10.1 Å². The largest absolute Gasteiger partial charge is 0.466 e. The maximum absolute atomic E-state index is 13.4. The van der Waals surface area contributed by atoms with E-state index >= 15 is 0 Å². The van der Waals surface area contributed by atoms with E-state index in [0.29, 0.717) is 6.42 Å². The Morgan fingerprint density at radius 1 is 1.07 bits per heavy atom. The second-order valence-electron chi connectivity index (χ2n) is 7.64. The van der Waals surface area contributed by atoms with Gasteiger partial charge in [0.05, 0.1) is 12.5 Å². The number of carbonyl (C=O) groups excluding carboxylic acids is 2. The molecule has 0 fully saturated rings. The van der Waals surface area contributed by atoms with E-state index in [9.17, 15) is 18.4 Å². The molecular formula is C24H25F2NO3. The Balaban J connectivity index is 1.76. The lowest BCUT2D eigenvalue weighted by molar-refractivity contribution is -0.146. The third kappa shape index (κ3) is 4.93. The maximum Gasteiger partial charge on any atom is 0.314 e. The van der Waals surface area contributed by atoms with Crippen LogP contribution in [0.25, 0.3) is 0 Å². The van der Waals surface area contributed by atoms with Gasteiger partial charge in [-0.1, -0.05) is 41.5 Å². The second-order valence-corrected chi connectivity index (χ2v) is 7.64. The number of benzene rings is 2. The van der Waals surface area contributed by atoms with Gasteiger partial charge in [-0.25, -0.2) is 8.78 Å². The van der Waals surface area contributed by atoms with Crippen molar-refractivity contribution in [3.63, 3.8) is 0 Å². The third-order valence-corrected chi connectivity index (χ3v) is 5.19. The van der Waals surface area contributed by atoms with E-state index in [1.54, 1.807) is 6.92 Å². The highest BCUT2D eigenvalue weighted by Gasteiger charge is 2.34. The van der Waals surface area contributed by atoms with Crippen LogP contribution in [-0.2, 0) is 9.53 Å². The van der Waals surface area contributed by atoms with E-state index in [1.165, 1.54) is 6.07 Å². The molecule has 1 N–H and O–H groups in total. The van der Waals surface area contributed by atoms with E-state index in [4.69, 9.17) is 4.74 Å². The summed E-state index contributed by atoms with van der Waals surface area (Å²) in [6.07, 6.45) is 4.25. The first kappa shape index (κ1) is 21.7. The fourth-order valence-electron chi connectivity index (χ4n) is 3.95. The summed E-state index contributed by atoms with van der Waals surface area (Å²) >= 11 is 0. The Labute approximate surface area is 174 Å². The van der Waals surface area contributed by atoms with Crippen LogP contribution in [-0.4, -0.2) is 24.5 Å². The van der Waals surface area contributed by atoms with E-state index in [2.05, 4.69) is 5.32 Å². The summed E-state index contributed by atoms with van der Waals surface area (Å²) in [5.41, 5.74) is 3.05. The minimum atomic E-state index is -1.07. The van der Waals surface area contributed by atoms with Gasteiger partial charge in [-0.15, -0.1) is 0 Å². The zero-order chi connectivity index (χ0) is 21.8. The summed E-state index contributed by atoms with van der Waals surface area (Å²) in [5, 5.41) is 2.80. The first-order valence-electron chi connectivity index (χ1n) is 9.97. The molecular weight excluding hydrogens is 388 g/mol. The van der Waals surface area contributed by atoms with Crippen molar-refractivity contribution in [3.05, 3.63) is 82.4 Å². The Bertz CT molecular complexity index is 966. The molecule has 0 bridgehead atoms. The maximum atomic E-state index is 13.4. The van der Waals surface area contributed by atoms with Gasteiger partial charge in [-0.3, -0.25) is 9.59 Å². The van der Waals surface area contributed by atoms with E-state index in [0.717, 1.165) is 28.8 Å². The number of hydrogen-bond donors (Lipinski definition) is 1. The van der Waals surface area contributed by atoms with E-state index in [-0.39, 0.29) is 30.1 Å². The molecule has 0 radical (unpaired) electrons. The number of carbonyl (C=O) groups is 2. The molecule has 0 saturated heterocycles. The molecule has 158 valence electrons. The van der Waals surface area contributed by atoms with Crippen molar-refractivity contribution >= 4 is 11.9 Å². The van der Waals surface area contributed by atoms with Crippen LogP contribution in [0.4, 0.5) is 8.78 Å². The number of amides is 1. The Morgan fingerprint density at radius 3 is 2.40 bits per heavy atom. The van der Waals surface area contributed by atoms with Crippen LogP contribution in [0.1, 0.15) is 46.3 Å². The predicted molar refractivity (Wildman–Crippen MR) is 110 cm³/mol. The Kier molecular flexibility index (Phi) is 6.65. The number of aryl methyl sites for hydroxylation is 2. The summed E-state index contributed by atoms with van der Waals surface area (Å²) in [6, 6.07) is 8.72. The van der Waals surface area contributed by atoms with Crippen LogP contribution < -0.4 is 5.32 Å². The molecule has 0 heterocycles. The predicted octanol–water partition coefficient (Wildman–Crippen LogP) is 4.60. The van der Waals surface area contributed by atoms with Gasteiger partial charge in [-0.2, -0.15) is 0 Å². The quantitative estimate of drug-likeness (QED) is 0.556. The van der Waals surface area contributed by atoms with Gasteiger partial charge in [0, 0.05) is 11.6 Å². The average Bonchev–Trinajstić information content (AvgIpc) is 3.11. The second kappa shape index (κ2) is 9.20. The van der Waals surface area contributed by atoms with Gasteiger partial charge in [-0.05, 0) is 56.9 Å². The van der Waals surface area contributed by atoms with Gasteiger partial charge in [0.2, 0.25) is 0 Å². The highest BCUT2D eigenvalue weighted by molar-refractivity contribution is 5.94. The SMILES string of the molecule is CCOC(=O)[C@H](c1cc(C)cc(C)c1)[C@H]1C=C[C@@H](NC(=O)c2ccc(F)c(F)c2)C1. The van der Waals surface area contributed by atoms with Crippen LogP contribution in [0.3, 0.4) is 0 Å². The molecule has 2 aromatic rings.